The molecule has 0 bridgehead atoms. The largest absolute Gasteiger partial charge is 0.618 e. The van der Waals surface area contributed by atoms with Crippen LogP contribution >= 0.6 is 15.9 Å². The summed E-state index contributed by atoms with van der Waals surface area (Å²) in [7, 11) is 0. The zero-order valence-electron chi connectivity index (χ0n) is 15.3. The first kappa shape index (κ1) is 17.6. The molecule has 1 fully saturated rings. The molecule has 0 spiro atoms. The first-order valence-corrected chi connectivity index (χ1v) is 10.3. The van der Waals surface area contributed by atoms with Gasteiger partial charge in [-0.2, -0.15) is 4.73 Å². The van der Waals surface area contributed by atoms with E-state index in [2.05, 4.69) is 32.6 Å². The average Bonchev–Trinajstić information content (AvgIpc) is 2.99. The van der Waals surface area contributed by atoms with E-state index < -0.39 is 0 Å². The highest BCUT2D eigenvalue weighted by molar-refractivity contribution is 9.10. The maximum atomic E-state index is 12.5. The summed E-state index contributed by atoms with van der Waals surface area (Å²) in [4.78, 5) is 4.79. The molecule has 2 heterocycles. The number of imidazole rings is 1. The van der Waals surface area contributed by atoms with Crippen LogP contribution in [0.25, 0.3) is 21.9 Å². The first-order valence-electron chi connectivity index (χ1n) is 9.54. The molecule has 28 heavy (non-hydrogen) atoms. The Bertz CT molecular complexity index is 1150. The molecular formula is C22H20BrN3O2. The predicted octanol–water partition coefficient (Wildman–Crippen LogP) is 5.03. The van der Waals surface area contributed by atoms with Gasteiger partial charge in [0.15, 0.2) is 5.52 Å². The third-order valence-corrected chi connectivity index (χ3v) is 5.98. The van der Waals surface area contributed by atoms with Crippen molar-refractivity contribution in [3.8, 4) is 0 Å². The van der Waals surface area contributed by atoms with Gasteiger partial charge in [-0.15, -0.1) is 0 Å². The Morgan fingerprint density at radius 1 is 1.14 bits per heavy atom. The molecule has 6 heteroatoms. The minimum atomic E-state index is 0.426. The maximum Gasteiger partial charge on any atom is 0.227 e. The van der Waals surface area contributed by atoms with E-state index in [1.807, 2.05) is 36.4 Å². The van der Waals surface area contributed by atoms with Crippen LogP contribution in [0.15, 0.2) is 59.2 Å². The van der Waals surface area contributed by atoms with Gasteiger partial charge in [-0.1, -0.05) is 46.3 Å². The third-order valence-electron chi connectivity index (χ3n) is 5.49. The highest BCUT2D eigenvalue weighted by Crippen LogP contribution is 2.37. The Balaban J connectivity index is 1.57. The molecule has 2 aromatic heterocycles. The Kier molecular flexibility index (Phi) is 4.53. The van der Waals surface area contributed by atoms with Crippen LogP contribution in [0, 0.1) is 5.21 Å². The van der Waals surface area contributed by atoms with Gasteiger partial charge in [-0.05, 0) is 37.0 Å². The monoisotopic (exact) mass is 437 g/mol. The number of rotatable bonds is 5. The molecule has 0 N–H and O–H groups in total. The van der Waals surface area contributed by atoms with Crippen molar-refractivity contribution in [1.82, 2.24) is 9.55 Å². The van der Waals surface area contributed by atoms with Crippen LogP contribution in [-0.4, -0.2) is 9.55 Å². The zero-order valence-corrected chi connectivity index (χ0v) is 16.9. The Hall–Kier alpha value is -2.44. The minimum absolute atomic E-state index is 0.426. The smallest absolute Gasteiger partial charge is 0.227 e. The van der Waals surface area contributed by atoms with E-state index in [-0.39, 0.29) is 0 Å². The highest BCUT2D eigenvalue weighted by Gasteiger charge is 2.27. The summed E-state index contributed by atoms with van der Waals surface area (Å²) in [6.07, 6.45) is 5.09. The zero-order chi connectivity index (χ0) is 19.1. The fraction of sp³-hybridized carbons (Fsp3) is 0.273. The van der Waals surface area contributed by atoms with E-state index in [9.17, 15) is 5.21 Å². The van der Waals surface area contributed by atoms with Gasteiger partial charge in [-0.25, -0.2) is 4.98 Å². The van der Waals surface area contributed by atoms with Gasteiger partial charge in [0.1, 0.15) is 12.4 Å². The minimum Gasteiger partial charge on any atom is -0.618 e. The number of fused-ring (bicyclic) bond motifs is 3. The fourth-order valence-electron chi connectivity index (χ4n) is 3.90. The SMILES string of the molecule is [O-][n+]1cc2nc(COCc3ccccc3)n(C3CCC3)c2c2ccc(Br)cc21. The summed E-state index contributed by atoms with van der Waals surface area (Å²) in [5.74, 6) is 0.894. The van der Waals surface area contributed by atoms with Crippen LogP contribution in [0.1, 0.15) is 36.7 Å². The lowest BCUT2D eigenvalue weighted by Crippen LogP contribution is -2.27. The molecule has 2 aromatic carbocycles. The molecule has 0 saturated heterocycles. The predicted molar refractivity (Wildman–Crippen MR) is 112 cm³/mol. The topological polar surface area (TPSA) is 54.0 Å². The van der Waals surface area contributed by atoms with Crippen LogP contribution in [0.5, 0.6) is 0 Å². The van der Waals surface area contributed by atoms with E-state index in [1.165, 1.54) is 6.42 Å². The van der Waals surface area contributed by atoms with Crippen molar-refractivity contribution in [3.63, 3.8) is 0 Å². The molecule has 1 saturated carbocycles. The first-order chi connectivity index (χ1) is 13.7. The van der Waals surface area contributed by atoms with Gasteiger partial charge in [0, 0.05) is 16.6 Å². The van der Waals surface area contributed by atoms with Gasteiger partial charge >= 0.3 is 0 Å². The van der Waals surface area contributed by atoms with Crippen LogP contribution in [-0.2, 0) is 18.0 Å². The van der Waals surface area contributed by atoms with E-state index in [0.29, 0.717) is 24.8 Å². The molecule has 0 aliphatic heterocycles. The van der Waals surface area contributed by atoms with E-state index in [0.717, 1.165) is 49.9 Å². The van der Waals surface area contributed by atoms with Gasteiger partial charge in [0.05, 0.1) is 17.5 Å². The number of aromatic nitrogens is 3. The molecule has 1 aliphatic rings. The Morgan fingerprint density at radius 2 is 1.96 bits per heavy atom. The standard InChI is InChI=1S/C22H20BrN3O2/c23-16-9-10-18-20(11-16)25(27)12-19-22(18)26(17-7-4-8-17)21(24-19)14-28-13-15-5-2-1-3-6-15/h1-3,5-6,9-12,17H,4,7-8,13-14H2. The van der Waals surface area contributed by atoms with Crippen molar-refractivity contribution in [2.75, 3.05) is 0 Å². The van der Waals surface area contributed by atoms with Crippen LogP contribution in [0.3, 0.4) is 0 Å². The van der Waals surface area contributed by atoms with E-state index in [1.54, 1.807) is 6.20 Å². The second-order valence-corrected chi connectivity index (χ2v) is 8.23. The van der Waals surface area contributed by atoms with Crippen LogP contribution in [0.2, 0.25) is 0 Å². The normalized spacial score (nSPS) is 14.6. The molecule has 0 radical (unpaired) electrons. The Morgan fingerprint density at radius 3 is 2.71 bits per heavy atom. The number of ether oxygens (including phenoxy) is 1. The Labute approximate surface area is 171 Å². The second kappa shape index (κ2) is 7.18. The highest BCUT2D eigenvalue weighted by atomic mass is 79.9. The number of hydrogen-bond donors (Lipinski definition) is 0. The summed E-state index contributed by atoms with van der Waals surface area (Å²) in [5, 5.41) is 13.5. The molecule has 5 nitrogen and oxygen atoms in total. The summed E-state index contributed by atoms with van der Waals surface area (Å²) < 4.78 is 10.1. The lowest BCUT2D eigenvalue weighted by molar-refractivity contribution is -0.575. The van der Waals surface area contributed by atoms with Gasteiger partial charge in [0.2, 0.25) is 11.7 Å². The van der Waals surface area contributed by atoms with Crippen molar-refractivity contribution in [2.45, 2.75) is 38.5 Å². The lowest BCUT2D eigenvalue weighted by Gasteiger charge is -2.29. The number of benzene rings is 2. The summed E-state index contributed by atoms with van der Waals surface area (Å²) in [5.41, 5.74) is 3.56. The average molecular weight is 438 g/mol. The molecule has 5 rings (SSSR count). The van der Waals surface area contributed by atoms with Crippen molar-refractivity contribution in [1.29, 1.82) is 0 Å². The molecule has 0 unspecified atom stereocenters. The second-order valence-electron chi connectivity index (χ2n) is 7.31. The van der Waals surface area contributed by atoms with Gasteiger partial charge < -0.3 is 14.5 Å². The van der Waals surface area contributed by atoms with Gasteiger partial charge in [-0.3, -0.25) is 0 Å². The van der Waals surface area contributed by atoms with Crippen molar-refractivity contribution < 1.29 is 9.47 Å². The molecule has 4 aromatic rings. The quantitative estimate of drug-likeness (QED) is 0.325. The fourth-order valence-corrected chi connectivity index (χ4v) is 4.25. The maximum absolute atomic E-state index is 12.5. The van der Waals surface area contributed by atoms with Crippen LogP contribution < -0.4 is 4.73 Å². The molecular weight excluding hydrogens is 418 g/mol. The van der Waals surface area contributed by atoms with Crippen molar-refractivity contribution in [3.05, 3.63) is 75.8 Å². The number of nitrogens with zero attached hydrogens (tertiary/aromatic N) is 3. The van der Waals surface area contributed by atoms with Crippen LogP contribution in [0.4, 0.5) is 0 Å². The van der Waals surface area contributed by atoms with Gasteiger partial charge in [0.25, 0.3) is 0 Å². The molecule has 1 aliphatic carbocycles. The summed E-state index contributed by atoms with van der Waals surface area (Å²) in [6.45, 7) is 0.973. The third kappa shape index (κ3) is 3.06. The van der Waals surface area contributed by atoms with Crippen molar-refractivity contribution >= 4 is 37.9 Å². The summed E-state index contributed by atoms with van der Waals surface area (Å²) in [6, 6.07) is 16.4. The van der Waals surface area contributed by atoms with E-state index in [4.69, 9.17) is 9.72 Å². The molecule has 0 amide bonds. The number of halogens is 1. The van der Waals surface area contributed by atoms with Crippen molar-refractivity contribution in [2.24, 2.45) is 0 Å². The van der Waals surface area contributed by atoms with E-state index >= 15 is 0 Å². The number of pyridine rings is 1. The summed E-state index contributed by atoms with van der Waals surface area (Å²) >= 11 is 3.47. The molecule has 142 valence electrons. The number of hydrogen-bond acceptors (Lipinski definition) is 3. The lowest BCUT2D eigenvalue weighted by atomic mass is 9.92. The molecule has 0 atom stereocenters.